The zero-order valence-electron chi connectivity index (χ0n) is 42.9. The van der Waals surface area contributed by atoms with Crippen LogP contribution in [0.25, 0.3) is 0 Å². The van der Waals surface area contributed by atoms with Gasteiger partial charge in [-0.2, -0.15) is 0 Å². The summed E-state index contributed by atoms with van der Waals surface area (Å²) in [6.45, 7) is 7.49. The number of carbonyl (C=O) groups excluding carboxylic acids is 2. The van der Waals surface area contributed by atoms with Crippen LogP contribution in [0, 0.1) is 0 Å². The van der Waals surface area contributed by atoms with Gasteiger partial charge in [0.25, 0.3) is 0 Å². The van der Waals surface area contributed by atoms with Crippen LogP contribution in [0.5, 0.6) is 0 Å². The van der Waals surface area contributed by atoms with Gasteiger partial charge in [-0.05, 0) is 122 Å². The summed E-state index contributed by atoms with van der Waals surface area (Å²) in [6.07, 6.45) is 77.8. The molecule has 1 unspecified atom stereocenters. The Balaban J connectivity index is 4.33. The molecule has 0 saturated carbocycles. The molecular weight excluding hydrogens is 813 g/mol. The fourth-order valence-electron chi connectivity index (χ4n) is 6.98. The SMILES string of the molecule is CC/C=C\C/C=C\C/C=C\C/C=C\C/C=C\CCCCCC(=O)OCC(COCCCCCCCCC/C=C\C/C=C\C/C=C\C/C=C\CC)OC(=O)CCCCCCC/C=C\CCCC. The molecule has 0 bridgehead atoms. The molecule has 0 aliphatic heterocycles. The zero-order chi connectivity index (χ0) is 47.7. The molecule has 0 radical (unpaired) electrons. The van der Waals surface area contributed by atoms with Gasteiger partial charge in [0.05, 0.1) is 6.61 Å². The van der Waals surface area contributed by atoms with Gasteiger partial charge in [0.1, 0.15) is 6.61 Å². The molecule has 0 N–H and O–H groups in total. The number of hydrogen-bond donors (Lipinski definition) is 0. The van der Waals surface area contributed by atoms with Crippen molar-refractivity contribution in [2.75, 3.05) is 19.8 Å². The molecule has 0 aromatic carbocycles. The lowest BCUT2D eigenvalue weighted by atomic mass is 10.1. The summed E-state index contributed by atoms with van der Waals surface area (Å²) in [5, 5.41) is 0. The summed E-state index contributed by atoms with van der Waals surface area (Å²) in [6, 6.07) is 0. The number of unbranched alkanes of at least 4 members (excludes halogenated alkanes) is 17. The Morgan fingerprint density at radius 2 is 0.682 bits per heavy atom. The third kappa shape index (κ3) is 52.9. The van der Waals surface area contributed by atoms with E-state index in [-0.39, 0.29) is 25.2 Å². The van der Waals surface area contributed by atoms with E-state index in [9.17, 15) is 9.59 Å². The number of esters is 2. The Labute approximate surface area is 407 Å². The lowest BCUT2D eigenvalue weighted by Gasteiger charge is -2.18. The van der Waals surface area contributed by atoms with Crippen LogP contribution in [0.2, 0.25) is 0 Å². The molecule has 0 aromatic rings. The zero-order valence-corrected chi connectivity index (χ0v) is 42.9. The molecule has 0 saturated heterocycles. The van der Waals surface area contributed by atoms with Crippen LogP contribution < -0.4 is 0 Å². The van der Waals surface area contributed by atoms with Gasteiger partial charge in [-0.15, -0.1) is 0 Å². The molecule has 0 spiro atoms. The molecule has 0 amide bonds. The number of ether oxygens (including phenoxy) is 3. The van der Waals surface area contributed by atoms with Crippen molar-refractivity contribution >= 4 is 11.9 Å². The van der Waals surface area contributed by atoms with E-state index < -0.39 is 6.10 Å². The smallest absolute Gasteiger partial charge is 0.306 e. The lowest BCUT2D eigenvalue weighted by Crippen LogP contribution is -2.30. The number of carbonyl (C=O) groups is 2. The lowest BCUT2D eigenvalue weighted by molar-refractivity contribution is -0.163. The normalized spacial score (nSPS) is 13.2. The Morgan fingerprint density at radius 3 is 1.12 bits per heavy atom. The van der Waals surface area contributed by atoms with Gasteiger partial charge in [0.15, 0.2) is 6.10 Å². The molecule has 0 fully saturated rings. The third-order valence-electron chi connectivity index (χ3n) is 11.0. The Hall–Kier alpha value is -3.70. The first kappa shape index (κ1) is 62.3. The summed E-state index contributed by atoms with van der Waals surface area (Å²) < 4.78 is 17.4. The molecule has 0 aliphatic rings. The van der Waals surface area contributed by atoms with Crippen molar-refractivity contribution < 1.29 is 23.8 Å². The van der Waals surface area contributed by atoms with Crippen molar-refractivity contribution in [1.29, 1.82) is 0 Å². The van der Waals surface area contributed by atoms with Crippen LogP contribution in [-0.2, 0) is 23.8 Å². The predicted molar refractivity (Wildman–Crippen MR) is 288 cm³/mol. The molecule has 0 aliphatic carbocycles. The maximum atomic E-state index is 12.8. The minimum atomic E-state index is -0.568. The van der Waals surface area contributed by atoms with Crippen molar-refractivity contribution in [3.8, 4) is 0 Å². The fourth-order valence-corrected chi connectivity index (χ4v) is 6.98. The van der Waals surface area contributed by atoms with Crippen LogP contribution in [0.1, 0.15) is 226 Å². The molecule has 5 nitrogen and oxygen atoms in total. The molecule has 1 atom stereocenters. The predicted octanol–water partition coefficient (Wildman–Crippen LogP) is 18.6. The minimum Gasteiger partial charge on any atom is -0.462 e. The summed E-state index contributed by atoms with van der Waals surface area (Å²) in [4.78, 5) is 25.4. The first-order valence-corrected chi connectivity index (χ1v) is 27.1. The second kappa shape index (κ2) is 55.6. The van der Waals surface area contributed by atoms with Crippen molar-refractivity contribution in [3.05, 3.63) is 122 Å². The molecule has 374 valence electrons. The van der Waals surface area contributed by atoms with Gasteiger partial charge in [-0.3, -0.25) is 9.59 Å². The van der Waals surface area contributed by atoms with Crippen LogP contribution in [0.3, 0.4) is 0 Å². The van der Waals surface area contributed by atoms with Crippen LogP contribution in [-0.4, -0.2) is 37.9 Å². The van der Waals surface area contributed by atoms with Crippen molar-refractivity contribution in [3.63, 3.8) is 0 Å². The van der Waals surface area contributed by atoms with E-state index in [0.717, 1.165) is 128 Å². The van der Waals surface area contributed by atoms with Crippen LogP contribution >= 0.6 is 0 Å². The van der Waals surface area contributed by atoms with E-state index in [4.69, 9.17) is 14.2 Å². The number of allylic oxidation sites excluding steroid dienone is 20. The first-order valence-electron chi connectivity index (χ1n) is 27.1. The van der Waals surface area contributed by atoms with E-state index in [0.29, 0.717) is 19.4 Å². The second-order valence-electron chi connectivity index (χ2n) is 17.4. The Morgan fingerprint density at radius 1 is 0.348 bits per heavy atom. The van der Waals surface area contributed by atoms with Gasteiger partial charge in [-0.1, -0.05) is 213 Å². The Kier molecular flexibility index (Phi) is 52.5. The molecule has 0 aromatic heterocycles. The fraction of sp³-hybridized carbons (Fsp3) is 0.639. The van der Waals surface area contributed by atoms with Crippen LogP contribution in [0.15, 0.2) is 122 Å². The van der Waals surface area contributed by atoms with E-state index in [1.54, 1.807) is 0 Å². The van der Waals surface area contributed by atoms with E-state index in [2.05, 4.69) is 142 Å². The number of hydrogen-bond acceptors (Lipinski definition) is 5. The maximum absolute atomic E-state index is 12.8. The summed E-state index contributed by atoms with van der Waals surface area (Å²) in [5.74, 6) is -0.458. The highest BCUT2D eigenvalue weighted by Crippen LogP contribution is 2.13. The van der Waals surface area contributed by atoms with Crippen LogP contribution in [0.4, 0.5) is 0 Å². The van der Waals surface area contributed by atoms with Crippen molar-refractivity contribution in [2.24, 2.45) is 0 Å². The third-order valence-corrected chi connectivity index (χ3v) is 11.0. The highest BCUT2D eigenvalue weighted by atomic mass is 16.6. The monoisotopic (exact) mass is 913 g/mol. The largest absolute Gasteiger partial charge is 0.462 e. The van der Waals surface area contributed by atoms with Gasteiger partial charge in [-0.25, -0.2) is 0 Å². The average Bonchev–Trinajstić information content (AvgIpc) is 3.32. The van der Waals surface area contributed by atoms with E-state index >= 15 is 0 Å². The first-order chi connectivity index (χ1) is 32.6. The van der Waals surface area contributed by atoms with Gasteiger partial charge in [0, 0.05) is 19.4 Å². The second-order valence-corrected chi connectivity index (χ2v) is 17.4. The topological polar surface area (TPSA) is 61.8 Å². The minimum absolute atomic E-state index is 0.0529. The molecule has 5 heteroatoms. The molecule has 66 heavy (non-hydrogen) atoms. The van der Waals surface area contributed by atoms with Crippen molar-refractivity contribution in [1.82, 2.24) is 0 Å². The van der Waals surface area contributed by atoms with Gasteiger partial charge in [0.2, 0.25) is 0 Å². The Bertz CT molecular complexity index is 1350. The summed E-state index contributed by atoms with van der Waals surface area (Å²) in [7, 11) is 0. The molecule has 0 rings (SSSR count). The highest BCUT2D eigenvalue weighted by molar-refractivity contribution is 5.70. The highest BCUT2D eigenvalue weighted by Gasteiger charge is 2.17. The number of rotatable bonds is 48. The van der Waals surface area contributed by atoms with E-state index in [1.807, 2.05) is 0 Å². The van der Waals surface area contributed by atoms with Gasteiger partial charge < -0.3 is 14.2 Å². The average molecular weight is 913 g/mol. The van der Waals surface area contributed by atoms with E-state index in [1.165, 1.54) is 64.2 Å². The van der Waals surface area contributed by atoms with Gasteiger partial charge >= 0.3 is 11.9 Å². The maximum Gasteiger partial charge on any atom is 0.306 e. The molecule has 0 heterocycles. The van der Waals surface area contributed by atoms with Crippen molar-refractivity contribution in [2.45, 2.75) is 232 Å². The standard InChI is InChI=1S/C61H100O5/c1-4-7-10-13-16-19-22-24-26-28-30-32-34-36-38-41-44-47-50-53-56-64-57-59(66-61(63)55-52-49-46-43-39-21-18-15-12-9-6-3)58-65-60(62)54-51-48-45-42-40-37-35-33-31-29-27-25-23-20-17-14-11-8-5-2/h7-8,10-11,15-20,24-27,30-33,37,40,59H,4-6,9,12-14,21-23,28-29,34-36,38-39,41-58H2,1-3H3/b10-7-,11-8-,18-15-,19-16-,20-17-,26-24-,27-25-,32-30-,33-31-,40-37-. The summed E-state index contributed by atoms with van der Waals surface area (Å²) >= 11 is 0. The molecular formula is C61H100O5. The summed E-state index contributed by atoms with van der Waals surface area (Å²) in [5.41, 5.74) is 0. The quantitative estimate of drug-likeness (QED) is 0.0346.